The van der Waals surface area contributed by atoms with Gasteiger partial charge in [0.15, 0.2) is 0 Å². The third-order valence-electron chi connectivity index (χ3n) is 3.05. The highest BCUT2D eigenvalue weighted by Crippen LogP contribution is 2.29. The van der Waals surface area contributed by atoms with E-state index in [-0.39, 0.29) is 4.90 Å². The second kappa shape index (κ2) is 3.53. The van der Waals surface area contributed by atoms with Crippen LogP contribution >= 0.6 is 0 Å². The third kappa shape index (κ3) is 1.72. The van der Waals surface area contributed by atoms with Crippen molar-refractivity contribution in [1.29, 1.82) is 0 Å². The zero-order valence-electron chi connectivity index (χ0n) is 8.97. The van der Waals surface area contributed by atoms with Crippen molar-refractivity contribution in [3.05, 3.63) is 41.5 Å². The van der Waals surface area contributed by atoms with Crippen LogP contribution in [0, 0.1) is 0 Å². The van der Waals surface area contributed by atoms with E-state index in [1.165, 1.54) is 12.1 Å². The number of rotatable bonds is 1. The van der Waals surface area contributed by atoms with Crippen molar-refractivity contribution >= 4 is 20.9 Å². The van der Waals surface area contributed by atoms with Gasteiger partial charge in [-0.05, 0) is 34.0 Å². The highest BCUT2D eigenvalue weighted by Gasteiger charge is 2.17. The lowest BCUT2D eigenvalue weighted by atomic mass is 9.96. The van der Waals surface area contributed by atoms with E-state index in [2.05, 4.69) is 5.32 Å². The molecule has 2 N–H and O–H groups in total. The molecule has 0 radical (unpaired) electrons. The van der Waals surface area contributed by atoms with Crippen molar-refractivity contribution < 1.29 is 13.0 Å². The molecule has 4 nitrogen and oxygen atoms in total. The molecule has 2 aromatic carbocycles. The van der Waals surface area contributed by atoms with Crippen LogP contribution < -0.4 is 5.32 Å². The summed E-state index contributed by atoms with van der Waals surface area (Å²) in [5.41, 5.74) is 2.07. The molecular formula is C12H11NO3S. The molecule has 0 fully saturated rings. The summed E-state index contributed by atoms with van der Waals surface area (Å²) in [6.07, 6.45) is 0. The molecule has 1 heterocycles. The quantitative estimate of drug-likeness (QED) is 0.755. The summed E-state index contributed by atoms with van der Waals surface area (Å²) >= 11 is 0. The second-order valence-electron chi connectivity index (χ2n) is 4.18. The average Bonchev–Trinajstić information content (AvgIpc) is 2.28. The highest BCUT2D eigenvalue weighted by molar-refractivity contribution is 7.85. The first kappa shape index (κ1) is 10.7. The molecule has 2 aromatic rings. The molecule has 0 atom stereocenters. The van der Waals surface area contributed by atoms with Crippen molar-refractivity contribution in [2.75, 3.05) is 0 Å². The second-order valence-corrected chi connectivity index (χ2v) is 5.60. The van der Waals surface area contributed by atoms with Crippen molar-refractivity contribution in [3.63, 3.8) is 0 Å². The Morgan fingerprint density at radius 2 is 1.88 bits per heavy atom. The number of hydrogen-bond acceptors (Lipinski definition) is 3. The van der Waals surface area contributed by atoms with E-state index < -0.39 is 10.1 Å². The van der Waals surface area contributed by atoms with Crippen molar-refractivity contribution in [1.82, 2.24) is 5.32 Å². The first-order valence-corrected chi connectivity index (χ1v) is 6.72. The van der Waals surface area contributed by atoms with Gasteiger partial charge >= 0.3 is 0 Å². The molecule has 0 spiro atoms. The van der Waals surface area contributed by atoms with Crippen molar-refractivity contribution in [3.8, 4) is 0 Å². The number of nitrogens with one attached hydrogen (secondary N) is 1. The van der Waals surface area contributed by atoms with Crippen LogP contribution in [0.1, 0.15) is 11.1 Å². The van der Waals surface area contributed by atoms with E-state index in [0.29, 0.717) is 6.54 Å². The number of benzene rings is 2. The highest BCUT2D eigenvalue weighted by atomic mass is 32.2. The Bertz CT molecular complexity index is 707. The molecule has 0 bridgehead atoms. The molecule has 0 amide bonds. The van der Waals surface area contributed by atoms with Crippen LogP contribution in [-0.4, -0.2) is 13.0 Å². The molecule has 5 heteroatoms. The van der Waals surface area contributed by atoms with Crippen molar-refractivity contribution in [2.45, 2.75) is 18.0 Å². The maximum absolute atomic E-state index is 11.2. The van der Waals surface area contributed by atoms with Crippen LogP contribution in [0.4, 0.5) is 0 Å². The lowest BCUT2D eigenvalue weighted by molar-refractivity contribution is 0.483. The summed E-state index contributed by atoms with van der Waals surface area (Å²) in [4.78, 5) is -0.0409. The number of hydrogen-bond donors (Lipinski definition) is 2. The Hall–Kier alpha value is -1.43. The van der Waals surface area contributed by atoms with E-state index in [1.54, 1.807) is 0 Å². The van der Waals surface area contributed by atoms with Gasteiger partial charge in [0, 0.05) is 13.1 Å². The molecule has 88 valence electrons. The fraction of sp³-hybridized carbons (Fsp3) is 0.167. The van der Waals surface area contributed by atoms with Gasteiger partial charge in [0.2, 0.25) is 0 Å². The van der Waals surface area contributed by atoms with E-state index in [4.69, 9.17) is 4.55 Å². The molecule has 0 aromatic heterocycles. The predicted octanol–water partition coefficient (Wildman–Crippen LogP) is 1.69. The van der Waals surface area contributed by atoms with Gasteiger partial charge in [0.1, 0.15) is 0 Å². The summed E-state index contributed by atoms with van der Waals surface area (Å²) in [7, 11) is -4.14. The fourth-order valence-electron chi connectivity index (χ4n) is 2.34. The first-order chi connectivity index (χ1) is 8.05. The Balaban J connectivity index is 2.42. The molecule has 1 aliphatic heterocycles. The Morgan fingerprint density at radius 3 is 2.65 bits per heavy atom. The van der Waals surface area contributed by atoms with Crippen LogP contribution in [0.15, 0.2) is 35.2 Å². The van der Waals surface area contributed by atoms with Gasteiger partial charge in [0.25, 0.3) is 10.1 Å². The molecule has 0 unspecified atom stereocenters. The zero-order valence-corrected chi connectivity index (χ0v) is 9.79. The van der Waals surface area contributed by atoms with Gasteiger partial charge in [-0.1, -0.05) is 18.2 Å². The van der Waals surface area contributed by atoms with Crippen LogP contribution in [0.25, 0.3) is 10.8 Å². The summed E-state index contributed by atoms with van der Waals surface area (Å²) in [6, 6.07) is 8.83. The minimum atomic E-state index is -4.14. The van der Waals surface area contributed by atoms with Gasteiger partial charge in [-0.15, -0.1) is 0 Å². The van der Waals surface area contributed by atoms with Gasteiger partial charge < -0.3 is 5.32 Å². The molecular weight excluding hydrogens is 238 g/mol. The third-order valence-corrected chi connectivity index (χ3v) is 3.88. The smallest absolute Gasteiger partial charge is 0.294 e. The Labute approximate surface area is 99.0 Å². The average molecular weight is 249 g/mol. The normalized spacial score (nSPS) is 15.1. The molecule has 0 saturated carbocycles. The summed E-state index contributed by atoms with van der Waals surface area (Å²) < 4.78 is 31.5. The molecule has 0 saturated heterocycles. The predicted molar refractivity (Wildman–Crippen MR) is 64.3 cm³/mol. The molecule has 3 rings (SSSR count). The van der Waals surface area contributed by atoms with E-state index in [0.717, 1.165) is 28.4 Å². The van der Waals surface area contributed by atoms with Gasteiger partial charge in [-0.25, -0.2) is 0 Å². The minimum absolute atomic E-state index is 0.0409. The van der Waals surface area contributed by atoms with Crippen LogP contribution in [0.5, 0.6) is 0 Å². The molecule has 0 aliphatic carbocycles. The molecule has 17 heavy (non-hydrogen) atoms. The van der Waals surface area contributed by atoms with Gasteiger partial charge in [0.05, 0.1) is 4.90 Å². The summed E-state index contributed by atoms with van der Waals surface area (Å²) in [5, 5.41) is 5.15. The van der Waals surface area contributed by atoms with Crippen molar-refractivity contribution in [2.24, 2.45) is 0 Å². The molecule has 1 aliphatic rings. The Kier molecular flexibility index (Phi) is 2.22. The lowest BCUT2D eigenvalue weighted by Crippen LogP contribution is -2.18. The van der Waals surface area contributed by atoms with E-state index in [9.17, 15) is 8.42 Å². The summed E-state index contributed by atoms with van der Waals surface area (Å²) in [6.45, 7) is 1.41. The maximum atomic E-state index is 11.2. The largest absolute Gasteiger partial charge is 0.309 e. The van der Waals surface area contributed by atoms with Crippen LogP contribution in [0.3, 0.4) is 0 Å². The SMILES string of the molecule is O=S(=O)(O)c1cc2c3c(cccc3c1)CNC2. The van der Waals surface area contributed by atoms with Gasteiger partial charge in [-0.2, -0.15) is 8.42 Å². The van der Waals surface area contributed by atoms with E-state index >= 15 is 0 Å². The summed E-state index contributed by atoms with van der Waals surface area (Å²) in [5.74, 6) is 0. The fourth-order valence-corrected chi connectivity index (χ4v) is 2.91. The lowest BCUT2D eigenvalue weighted by Gasteiger charge is -2.18. The zero-order chi connectivity index (χ0) is 12.0. The first-order valence-electron chi connectivity index (χ1n) is 5.28. The van der Waals surface area contributed by atoms with Gasteiger partial charge in [-0.3, -0.25) is 4.55 Å². The Morgan fingerprint density at radius 1 is 1.12 bits per heavy atom. The standard InChI is InChI=1S/C12H11NO3S/c14-17(15,16)11-4-8-2-1-3-9-6-13-7-10(5-11)12(8)9/h1-5,13H,6-7H2,(H,14,15,16). The topological polar surface area (TPSA) is 66.4 Å². The maximum Gasteiger partial charge on any atom is 0.294 e. The monoisotopic (exact) mass is 249 g/mol. The van der Waals surface area contributed by atoms with E-state index in [1.807, 2.05) is 18.2 Å². The van der Waals surface area contributed by atoms with Crippen LogP contribution in [-0.2, 0) is 23.2 Å². The van der Waals surface area contributed by atoms with Crippen LogP contribution in [0.2, 0.25) is 0 Å². The minimum Gasteiger partial charge on any atom is -0.309 e.